The Labute approximate surface area is 91.9 Å². The molecule has 1 rings (SSSR count). The fraction of sp³-hybridized carbons (Fsp3) is 0.462. The number of benzene rings is 1. The lowest BCUT2D eigenvalue weighted by molar-refractivity contribution is 0.359. The first-order chi connectivity index (χ1) is 6.93. The summed E-state index contributed by atoms with van der Waals surface area (Å²) in [5, 5.41) is 12.2. The SMILES string of the molecule is CC(Nc1cccc(C#N)c1)C(C)(C)C. The minimum Gasteiger partial charge on any atom is -0.382 e. The zero-order valence-corrected chi connectivity index (χ0v) is 9.83. The summed E-state index contributed by atoms with van der Waals surface area (Å²) in [4.78, 5) is 0. The van der Waals surface area contributed by atoms with E-state index in [1.165, 1.54) is 0 Å². The number of nitrogens with zero attached hydrogens (tertiary/aromatic N) is 1. The second kappa shape index (κ2) is 4.35. The zero-order valence-electron chi connectivity index (χ0n) is 9.83. The van der Waals surface area contributed by atoms with Gasteiger partial charge in [0.1, 0.15) is 0 Å². The highest BCUT2D eigenvalue weighted by Gasteiger charge is 2.19. The first-order valence-electron chi connectivity index (χ1n) is 5.20. The van der Waals surface area contributed by atoms with Crippen molar-refractivity contribution in [3.63, 3.8) is 0 Å². The molecule has 1 aromatic carbocycles. The van der Waals surface area contributed by atoms with Crippen molar-refractivity contribution in [2.45, 2.75) is 33.7 Å². The van der Waals surface area contributed by atoms with E-state index in [9.17, 15) is 0 Å². The molecule has 1 atom stereocenters. The first-order valence-corrected chi connectivity index (χ1v) is 5.20. The molecule has 0 aromatic heterocycles. The molecule has 0 bridgehead atoms. The number of hydrogen-bond acceptors (Lipinski definition) is 2. The molecule has 0 fully saturated rings. The molecule has 0 aliphatic rings. The molecule has 0 amide bonds. The Morgan fingerprint density at radius 2 is 2.00 bits per heavy atom. The lowest BCUT2D eigenvalue weighted by Crippen LogP contribution is -2.30. The fourth-order valence-electron chi connectivity index (χ4n) is 1.15. The van der Waals surface area contributed by atoms with Gasteiger partial charge in [0.25, 0.3) is 0 Å². The highest BCUT2D eigenvalue weighted by molar-refractivity contribution is 5.49. The number of nitriles is 1. The quantitative estimate of drug-likeness (QED) is 0.797. The predicted molar refractivity (Wildman–Crippen MR) is 63.7 cm³/mol. The molecule has 0 radical (unpaired) electrons. The van der Waals surface area contributed by atoms with E-state index in [2.05, 4.69) is 39.1 Å². The number of anilines is 1. The molecule has 80 valence electrons. The van der Waals surface area contributed by atoms with Gasteiger partial charge in [-0.1, -0.05) is 26.8 Å². The van der Waals surface area contributed by atoms with Crippen LogP contribution in [0.5, 0.6) is 0 Å². The minimum absolute atomic E-state index is 0.211. The number of nitrogens with one attached hydrogen (secondary N) is 1. The lowest BCUT2D eigenvalue weighted by Gasteiger charge is -2.29. The molecular formula is C13H18N2. The Bertz CT molecular complexity index is 369. The van der Waals surface area contributed by atoms with Crippen LogP contribution in [0.4, 0.5) is 5.69 Å². The number of rotatable bonds is 2. The molecule has 0 saturated carbocycles. The van der Waals surface area contributed by atoms with E-state index in [-0.39, 0.29) is 5.41 Å². The third kappa shape index (κ3) is 3.28. The van der Waals surface area contributed by atoms with Crippen molar-refractivity contribution >= 4 is 5.69 Å². The van der Waals surface area contributed by atoms with E-state index in [4.69, 9.17) is 5.26 Å². The Kier molecular flexibility index (Phi) is 3.36. The third-order valence-corrected chi connectivity index (χ3v) is 2.67. The summed E-state index contributed by atoms with van der Waals surface area (Å²) < 4.78 is 0. The summed E-state index contributed by atoms with van der Waals surface area (Å²) in [5.74, 6) is 0. The van der Waals surface area contributed by atoms with Crippen molar-refractivity contribution in [1.29, 1.82) is 5.26 Å². The second-order valence-electron chi connectivity index (χ2n) is 4.92. The molecule has 0 saturated heterocycles. The van der Waals surface area contributed by atoms with Gasteiger partial charge in [0.15, 0.2) is 0 Å². The van der Waals surface area contributed by atoms with Gasteiger partial charge in [-0.2, -0.15) is 5.26 Å². The maximum Gasteiger partial charge on any atom is 0.0992 e. The van der Waals surface area contributed by atoms with Gasteiger partial charge in [0.2, 0.25) is 0 Å². The largest absolute Gasteiger partial charge is 0.382 e. The highest BCUT2D eigenvalue weighted by atomic mass is 14.9. The minimum atomic E-state index is 0.211. The fourth-order valence-corrected chi connectivity index (χ4v) is 1.15. The van der Waals surface area contributed by atoms with Gasteiger partial charge in [-0.15, -0.1) is 0 Å². The molecule has 2 nitrogen and oxygen atoms in total. The van der Waals surface area contributed by atoms with E-state index < -0.39 is 0 Å². The summed E-state index contributed by atoms with van der Waals surface area (Å²) in [5.41, 5.74) is 1.92. The zero-order chi connectivity index (χ0) is 11.5. The van der Waals surface area contributed by atoms with Crippen molar-refractivity contribution in [2.75, 3.05) is 5.32 Å². The van der Waals surface area contributed by atoms with Crippen LogP contribution in [0.1, 0.15) is 33.3 Å². The summed E-state index contributed by atoms with van der Waals surface area (Å²) >= 11 is 0. The van der Waals surface area contributed by atoms with Crippen LogP contribution in [0.15, 0.2) is 24.3 Å². The molecule has 15 heavy (non-hydrogen) atoms. The molecule has 1 N–H and O–H groups in total. The van der Waals surface area contributed by atoms with E-state index in [1.807, 2.05) is 24.3 Å². The molecule has 0 aliphatic heterocycles. The maximum atomic E-state index is 8.78. The van der Waals surface area contributed by atoms with Crippen molar-refractivity contribution in [1.82, 2.24) is 0 Å². The molecule has 1 aromatic rings. The molecule has 0 aliphatic carbocycles. The Balaban J connectivity index is 2.78. The van der Waals surface area contributed by atoms with Crippen LogP contribution in [0.3, 0.4) is 0 Å². The summed E-state index contributed by atoms with van der Waals surface area (Å²) in [6, 6.07) is 10.1. The molecule has 0 heterocycles. The Morgan fingerprint density at radius 1 is 1.33 bits per heavy atom. The number of hydrogen-bond donors (Lipinski definition) is 1. The summed E-state index contributed by atoms with van der Waals surface area (Å²) in [6.07, 6.45) is 0. The second-order valence-corrected chi connectivity index (χ2v) is 4.92. The summed E-state index contributed by atoms with van der Waals surface area (Å²) in [6.45, 7) is 8.73. The van der Waals surface area contributed by atoms with Crippen molar-refractivity contribution < 1.29 is 0 Å². The van der Waals surface area contributed by atoms with Gasteiger partial charge in [-0.05, 0) is 30.5 Å². The van der Waals surface area contributed by atoms with Crippen molar-refractivity contribution in [3.8, 4) is 6.07 Å². The van der Waals surface area contributed by atoms with Gasteiger partial charge in [0.05, 0.1) is 11.6 Å². The maximum absolute atomic E-state index is 8.78. The topological polar surface area (TPSA) is 35.8 Å². The van der Waals surface area contributed by atoms with E-state index >= 15 is 0 Å². The van der Waals surface area contributed by atoms with Crippen molar-refractivity contribution in [2.24, 2.45) is 5.41 Å². The van der Waals surface area contributed by atoms with Crippen LogP contribution < -0.4 is 5.32 Å². The van der Waals surface area contributed by atoms with Crippen LogP contribution in [0, 0.1) is 16.7 Å². The molecule has 0 spiro atoms. The van der Waals surface area contributed by atoms with Gasteiger partial charge >= 0.3 is 0 Å². The van der Waals surface area contributed by atoms with Crippen LogP contribution >= 0.6 is 0 Å². The molecular weight excluding hydrogens is 184 g/mol. The van der Waals surface area contributed by atoms with Gasteiger partial charge in [0, 0.05) is 11.7 Å². The van der Waals surface area contributed by atoms with E-state index in [1.54, 1.807) is 0 Å². The van der Waals surface area contributed by atoms with Gasteiger partial charge in [-0.25, -0.2) is 0 Å². The third-order valence-electron chi connectivity index (χ3n) is 2.67. The Morgan fingerprint density at radius 3 is 2.53 bits per heavy atom. The highest BCUT2D eigenvalue weighted by Crippen LogP contribution is 2.22. The predicted octanol–water partition coefficient (Wildman–Crippen LogP) is 3.40. The first kappa shape index (κ1) is 11.6. The average molecular weight is 202 g/mol. The Hall–Kier alpha value is -1.49. The molecule has 1 unspecified atom stereocenters. The van der Waals surface area contributed by atoms with Gasteiger partial charge < -0.3 is 5.32 Å². The van der Waals surface area contributed by atoms with Crippen molar-refractivity contribution in [3.05, 3.63) is 29.8 Å². The standard InChI is InChI=1S/C13H18N2/c1-10(13(2,3)4)15-12-7-5-6-11(8-12)9-14/h5-8,10,15H,1-4H3. The smallest absolute Gasteiger partial charge is 0.0992 e. The van der Waals surface area contributed by atoms with Crippen LogP contribution in [0.2, 0.25) is 0 Å². The van der Waals surface area contributed by atoms with E-state index in [0.717, 1.165) is 5.69 Å². The summed E-state index contributed by atoms with van der Waals surface area (Å²) in [7, 11) is 0. The molecule has 2 heteroatoms. The van der Waals surface area contributed by atoms with Crippen LogP contribution in [-0.4, -0.2) is 6.04 Å². The van der Waals surface area contributed by atoms with Gasteiger partial charge in [-0.3, -0.25) is 0 Å². The van der Waals surface area contributed by atoms with E-state index in [0.29, 0.717) is 11.6 Å². The van der Waals surface area contributed by atoms with Crippen LogP contribution in [0.25, 0.3) is 0 Å². The average Bonchev–Trinajstić information content (AvgIpc) is 2.16. The van der Waals surface area contributed by atoms with Crippen LogP contribution in [-0.2, 0) is 0 Å². The monoisotopic (exact) mass is 202 g/mol. The lowest BCUT2D eigenvalue weighted by atomic mass is 9.88. The normalized spacial score (nSPS) is 13.0.